The molecular formula is C18H33N3O. The highest BCUT2D eigenvalue weighted by Crippen LogP contribution is 2.24. The molecule has 1 atom stereocenters. The summed E-state index contributed by atoms with van der Waals surface area (Å²) in [5.41, 5.74) is 0. The van der Waals surface area contributed by atoms with Crippen LogP contribution in [0.1, 0.15) is 58.3 Å². The zero-order valence-electron chi connectivity index (χ0n) is 14.3. The third kappa shape index (κ3) is 3.83. The van der Waals surface area contributed by atoms with Crippen LogP contribution in [0.2, 0.25) is 0 Å². The van der Waals surface area contributed by atoms with Crippen LogP contribution in [-0.2, 0) is 4.79 Å². The SMILES string of the molecule is CC[C@H]1CCCCN1C(=O)CN1CCN(C2CCCC2)CC1. The zero-order valence-corrected chi connectivity index (χ0v) is 14.3. The van der Waals surface area contributed by atoms with E-state index in [1.807, 2.05) is 0 Å². The molecule has 2 aliphatic heterocycles. The van der Waals surface area contributed by atoms with Gasteiger partial charge in [0.25, 0.3) is 0 Å². The molecule has 0 aromatic carbocycles. The lowest BCUT2D eigenvalue weighted by molar-refractivity contribution is -0.136. The number of piperidine rings is 1. The first-order valence-corrected chi connectivity index (χ1v) is 9.54. The number of nitrogens with zero attached hydrogens (tertiary/aromatic N) is 3. The molecule has 0 unspecified atom stereocenters. The van der Waals surface area contributed by atoms with Crippen molar-refractivity contribution in [1.29, 1.82) is 0 Å². The molecule has 0 radical (unpaired) electrons. The van der Waals surface area contributed by atoms with Gasteiger partial charge in [-0.1, -0.05) is 19.8 Å². The lowest BCUT2D eigenvalue weighted by atomic mass is 10.00. The van der Waals surface area contributed by atoms with Gasteiger partial charge in [-0.2, -0.15) is 0 Å². The Labute approximate surface area is 135 Å². The molecule has 126 valence electrons. The van der Waals surface area contributed by atoms with Crippen LogP contribution in [0.25, 0.3) is 0 Å². The topological polar surface area (TPSA) is 26.8 Å². The maximum Gasteiger partial charge on any atom is 0.236 e. The second kappa shape index (κ2) is 7.78. The summed E-state index contributed by atoms with van der Waals surface area (Å²) in [6, 6.07) is 1.34. The first-order chi connectivity index (χ1) is 10.8. The van der Waals surface area contributed by atoms with E-state index in [1.165, 1.54) is 44.9 Å². The molecular weight excluding hydrogens is 274 g/mol. The zero-order chi connectivity index (χ0) is 15.4. The summed E-state index contributed by atoms with van der Waals surface area (Å²) in [4.78, 5) is 19.9. The van der Waals surface area contributed by atoms with Gasteiger partial charge in [-0.3, -0.25) is 14.6 Å². The minimum atomic E-state index is 0.376. The molecule has 1 amide bonds. The van der Waals surface area contributed by atoms with Gasteiger partial charge in [0.1, 0.15) is 0 Å². The largest absolute Gasteiger partial charge is 0.339 e. The van der Waals surface area contributed by atoms with Gasteiger partial charge in [0.2, 0.25) is 5.91 Å². The Kier molecular flexibility index (Phi) is 5.75. The van der Waals surface area contributed by atoms with E-state index in [4.69, 9.17) is 0 Å². The Morgan fingerprint density at radius 2 is 1.59 bits per heavy atom. The van der Waals surface area contributed by atoms with Crippen molar-refractivity contribution in [2.24, 2.45) is 0 Å². The van der Waals surface area contributed by atoms with Crippen molar-refractivity contribution in [1.82, 2.24) is 14.7 Å². The number of amides is 1. The van der Waals surface area contributed by atoms with Gasteiger partial charge in [-0.25, -0.2) is 0 Å². The highest BCUT2D eigenvalue weighted by atomic mass is 16.2. The van der Waals surface area contributed by atoms with E-state index in [-0.39, 0.29) is 0 Å². The number of piperazine rings is 1. The van der Waals surface area contributed by atoms with E-state index < -0.39 is 0 Å². The van der Waals surface area contributed by atoms with E-state index in [0.717, 1.165) is 45.2 Å². The van der Waals surface area contributed by atoms with E-state index in [9.17, 15) is 4.79 Å². The minimum absolute atomic E-state index is 0.376. The normalized spacial score (nSPS) is 29.1. The summed E-state index contributed by atoms with van der Waals surface area (Å²) >= 11 is 0. The lowest BCUT2D eigenvalue weighted by Crippen LogP contribution is -2.53. The fraction of sp³-hybridized carbons (Fsp3) is 0.944. The van der Waals surface area contributed by atoms with Crippen molar-refractivity contribution in [3.63, 3.8) is 0 Å². The van der Waals surface area contributed by atoms with Crippen molar-refractivity contribution in [3.05, 3.63) is 0 Å². The lowest BCUT2D eigenvalue weighted by Gasteiger charge is -2.40. The first-order valence-electron chi connectivity index (χ1n) is 9.54. The van der Waals surface area contributed by atoms with E-state index in [1.54, 1.807) is 0 Å². The number of carbonyl (C=O) groups excluding carboxylic acids is 1. The van der Waals surface area contributed by atoms with Gasteiger partial charge >= 0.3 is 0 Å². The second-order valence-corrected chi connectivity index (χ2v) is 7.40. The summed E-state index contributed by atoms with van der Waals surface area (Å²) in [5.74, 6) is 0.376. The third-order valence-electron chi connectivity index (χ3n) is 6.03. The molecule has 2 heterocycles. The van der Waals surface area contributed by atoms with E-state index >= 15 is 0 Å². The first kappa shape index (κ1) is 16.3. The summed E-state index contributed by atoms with van der Waals surface area (Å²) in [6.45, 7) is 8.33. The minimum Gasteiger partial charge on any atom is -0.339 e. The Hall–Kier alpha value is -0.610. The summed E-state index contributed by atoms with van der Waals surface area (Å²) in [7, 11) is 0. The maximum atomic E-state index is 12.6. The smallest absolute Gasteiger partial charge is 0.236 e. The van der Waals surface area contributed by atoms with Crippen molar-refractivity contribution in [2.45, 2.75) is 70.4 Å². The van der Waals surface area contributed by atoms with Crippen LogP contribution in [0, 0.1) is 0 Å². The molecule has 0 N–H and O–H groups in total. The Morgan fingerprint density at radius 1 is 0.909 bits per heavy atom. The molecule has 0 bridgehead atoms. The molecule has 4 nitrogen and oxygen atoms in total. The van der Waals surface area contributed by atoms with Gasteiger partial charge in [-0.15, -0.1) is 0 Å². The molecule has 22 heavy (non-hydrogen) atoms. The predicted molar refractivity (Wildman–Crippen MR) is 89.9 cm³/mol. The maximum absolute atomic E-state index is 12.6. The Bertz CT molecular complexity index is 359. The van der Waals surface area contributed by atoms with E-state index in [0.29, 0.717) is 18.5 Å². The number of rotatable bonds is 4. The van der Waals surface area contributed by atoms with Crippen LogP contribution in [-0.4, -0.2) is 72.0 Å². The summed E-state index contributed by atoms with van der Waals surface area (Å²) < 4.78 is 0. The van der Waals surface area contributed by atoms with E-state index in [2.05, 4.69) is 21.6 Å². The Morgan fingerprint density at radius 3 is 2.27 bits per heavy atom. The van der Waals surface area contributed by atoms with Crippen molar-refractivity contribution in [3.8, 4) is 0 Å². The predicted octanol–water partition coefficient (Wildman–Crippen LogP) is 2.34. The van der Waals surface area contributed by atoms with Crippen molar-refractivity contribution in [2.75, 3.05) is 39.3 Å². The molecule has 4 heteroatoms. The molecule has 3 aliphatic rings. The van der Waals surface area contributed by atoms with Crippen LogP contribution in [0.5, 0.6) is 0 Å². The van der Waals surface area contributed by atoms with Gasteiger partial charge in [0.05, 0.1) is 6.54 Å². The number of likely N-dealkylation sites (tertiary alicyclic amines) is 1. The van der Waals surface area contributed by atoms with Crippen LogP contribution in [0.4, 0.5) is 0 Å². The van der Waals surface area contributed by atoms with Crippen LogP contribution in [0.15, 0.2) is 0 Å². The molecule has 3 rings (SSSR count). The molecule has 1 aliphatic carbocycles. The standard InChI is InChI=1S/C18H33N3O/c1-2-16-7-5-6-10-21(16)18(22)15-19-11-13-20(14-12-19)17-8-3-4-9-17/h16-17H,2-15H2,1H3/t16-/m0/s1. The van der Waals surface area contributed by atoms with Gasteiger partial charge in [0.15, 0.2) is 0 Å². The fourth-order valence-corrected chi connectivity index (χ4v) is 4.59. The Balaban J connectivity index is 1.44. The summed E-state index contributed by atoms with van der Waals surface area (Å²) in [6.07, 6.45) is 10.4. The molecule has 2 saturated heterocycles. The summed E-state index contributed by atoms with van der Waals surface area (Å²) in [5, 5.41) is 0. The van der Waals surface area contributed by atoms with Gasteiger partial charge in [-0.05, 0) is 38.5 Å². The van der Waals surface area contributed by atoms with Crippen LogP contribution in [0.3, 0.4) is 0 Å². The number of carbonyl (C=O) groups is 1. The highest BCUT2D eigenvalue weighted by Gasteiger charge is 2.29. The van der Waals surface area contributed by atoms with Crippen molar-refractivity contribution >= 4 is 5.91 Å². The quantitative estimate of drug-likeness (QED) is 0.797. The van der Waals surface area contributed by atoms with Gasteiger partial charge < -0.3 is 4.90 Å². The second-order valence-electron chi connectivity index (χ2n) is 7.40. The number of hydrogen-bond acceptors (Lipinski definition) is 3. The average Bonchev–Trinajstić information content (AvgIpc) is 3.10. The molecule has 0 aromatic rings. The van der Waals surface area contributed by atoms with Crippen molar-refractivity contribution < 1.29 is 4.79 Å². The molecule has 1 saturated carbocycles. The number of hydrogen-bond donors (Lipinski definition) is 0. The molecule has 0 spiro atoms. The fourth-order valence-electron chi connectivity index (χ4n) is 4.59. The van der Waals surface area contributed by atoms with Crippen LogP contribution >= 0.6 is 0 Å². The highest BCUT2D eigenvalue weighted by molar-refractivity contribution is 5.78. The van der Waals surface area contributed by atoms with Gasteiger partial charge in [0, 0.05) is 44.8 Å². The average molecular weight is 307 g/mol. The molecule has 0 aromatic heterocycles. The third-order valence-corrected chi connectivity index (χ3v) is 6.03. The monoisotopic (exact) mass is 307 g/mol. The molecule has 3 fully saturated rings. The van der Waals surface area contributed by atoms with Crippen LogP contribution < -0.4 is 0 Å².